The Morgan fingerprint density at radius 2 is 1.25 bits per heavy atom. The van der Waals surface area contributed by atoms with Gasteiger partial charge in [0.15, 0.2) is 23.1 Å². The van der Waals surface area contributed by atoms with Gasteiger partial charge < -0.3 is 30.3 Å². The standard InChI is InChI=1S/C23H25FN6O2.C22H23FN6O2.CH4/c1-14-8-21(22(26-12-14)29(3)4)32-15(2)20-9-16(24)6-7-19(20)23(31)27-13-17-10-18(11-25)30(5)28-17;1-13-7-20(21(25-3)26-11-13)31-14(2)19-8-15(23)5-6-18(19)22(30)27-12-16-9-17(10-24)29(4)28-16;/h6-10,12,15H,13H2,1-5H3,(H,27,31);5-9,11,14H,12H2,1-4H3,(H,25,26)(H,27,30);1H4/t15-;14-;/m11./s1/i;4D3;. The lowest BCUT2D eigenvalue weighted by Gasteiger charge is -2.22. The van der Waals surface area contributed by atoms with E-state index in [0.29, 0.717) is 55.9 Å². The van der Waals surface area contributed by atoms with Gasteiger partial charge in [0.1, 0.15) is 47.4 Å². The van der Waals surface area contributed by atoms with Crippen LogP contribution in [0.3, 0.4) is 0 Å². The Morgan fingerprint density at radius 1 is 0.781 bits per heavy atom. The monoisotopic (exact) mass is 877 g/mol. The molecule has 0 unspecified atom stereocenters. The molecule has 64 heavy (non-hydrogen) atoms. The summed E-state index contributed by atoms with van der Waals surface area (Å²) in [6.45, 7) is 4.58. The Morgan fingerprint density at radius 3 is 1.70 bits per heavy atom. The molecular formula is C46H52F2N12O4. The predicted molar refractivity (Wildman–Crippen MR) is 238 cm³/mol. The van der Waals surface area contributed by atoms with E-state index in [1.54, 1.807) is 58.5 Å². The summed E-state index contributed by atoms with van der Waals surface area (Å²) in [6, 6.07) is 18.0. The molecule has 2 atom stereocenters. The van der Waals surface area contributed by atoms with Crippen molar-refractivity contribution < 1.29 is 32.0 Å². The zero-order chi connectivity index (χ0) is 48.5. The smallest absolute Gasteiger partial charge is 0.252 e. The topological polar surface area (TPSA) is 201 Å². The van der Waals surface area contributed by atoms with Crippen molar-refractivity contribution in [2.75, 3.05) is 31.4 Å². The number of ether oxygens (including phenoxy) is 2. The van der Waals surface area contributed by atoms with Gasteiger partial charge >= 0.3 is 0 Å². The van der Waals surface area contributed by atoms with E-state index >= 15 is 0 Å². The molecule has 0 fully saturated rings. The number of nitrogens with zero attached hydrogens (tertiary/aromatic N) is 9. The van der Waals surface area contributed by atoms with Crippen molar-refractivity contribution in [3.05, 3.63) is 141 Å². The average Bonchev–Trinajstić information content (AvgIpc) is 3.87. The van der Waals surface area contributed by atoms with E-state index in [1.165, 1.54) is 41.1 Å². The fourth-order valence-electron chi connectivity index (χ4n) is 6.28. The van der Waals surface area contributed by atoms with Crippen molar-refractivity contribution in [2.24, 2.45) is 14.0 Å². The highest BCUT2D eigenvalue weighted by atomic mass is 19.1. The van der Waals surface area contributed by atoms with Gasteiger partial charge in [0.2, 0.25) is 0 Å². The lowest BCUT2D eigenvalue weighted by atomic mass is 10.0. The Bertz CT molecular complexity index is 2820. The Kier molecular flexibility index (Phi) is 15.0. The van der Waals surface area contributed by atoms with Crippen LogP contribution >= 0.6 is 0 Å². The van der Waals surface area contributed by atoms with Crippen LogP contribution < -0.4 is 30.3 Å². The molecule has 0 aliphatic rings. The third-order valence-corrected chi connectivity index (χ3v) is 9.40. The number of hydrogen-bond acceptors (Lipinski definition) is 12. The Hall–Kier alpha value is -7.86. The van der Waals surface area contributed by atoms with Crippen molar-refractivity contribution >= 4 is 23.5 Å². The number of carbonyl (C=O) groups is 2. The fourth-order valence-corrected chi connectivity index (χ4v) is 6.28. The zero-order valence-electron chi connectivity index (χ0n) is 38.9. The van der Waals surface area contributed by atoms with E-state index in [-0.39, 0.29) is 37.5 Å². The van der Waals surface area contributed by atoms with Gasteiger partial charge in [-0.05, 0) is 99.5 Å². The molecule has 18 heteroatoms. The van der Waals surface area contributed by atoms with Crippen molar-refractivity contribution in [1.29, 1.82) is 10.5 Å². The summed E-state index contributed by atoms with van der Waals surface area (Å²) >= 11 is 0. The number of amides is 2. The average molecular weight is 878 g/mol. The molecule has 3 N–H and O–H groups in total. The van der Waals surface area contributed by atoms with Crippen LogP contribution in [0.1, 0.15) is 103 Å². The number of nitrogens with one attached hydrogen (secondary N) is 3. The van der Waals surface area contributed by atoms with E-state index in [2.05, 4.69) is 36.1 Å². The molecule has 6 rings (SSSR count). The maximum absolute atomic E-state index is 14.1. The summed E-state index contributed by atoms with van der Waals surface area (Å²) in [5.74, 6) is 0.184. The molecule has 4 aromatic heterocycles. The first-order valence-corrected chi connectivity index (χ1v) is 19.4. The lowest BCUT2D eigenvalue weighted by Crippen LogP contribution is -2.25. The van der Waals surface area contributed by atoms with Crippen LogP contribution in [0.4, 0.5) is 20.4 Å². The lowest BCUT2D eigenvalue weighted by molar-refractivity contribution is 0.0938. The van der Waals surface area contributed by atoms with Crippen LogP contribution in [-0.4, -0.2) is 62.5 Å². The number of pyridine rings is 2. The number of nitriles is 2. The summed E-state index contributed by atoms with van der Waals surface area (Å²) in [4.78, 5) is 36.3. The number of anilines is 2. The minimum atomic E-state index is -2.62. The first-order valence-electron chi connectivity index (χ1n) is 20.9. The summed E-state index contributed by atoms with van der Waals surface area (Å²) in [7, 11) is 7.06. The van der Waals surface area contributed by atoms with E-state index < -0.39 is 42.6 Å². The molecule has 0 saturated heterocycles. The third-order valence-electron chi connectivity index (χ3n) is 9.40. The van der Waals surface area contributed by atoms with E-state index in [1.807, 2.05) is 45.0 Å². The van der Waals surface area contributed by atoms with Crippen LogP contribution in [0.15, 0.2) is 73.1 Å². The highest BCUT2D eigenvalue weighted by molar-refractivity contribution is 5.96. The minimum Gasteiger partial charge on any atom is -0.482 e. The summed E-state index contributed by atoms with van der Waals surface area (Å²) in [6.07, 6.45) is 2.10. The summed E-state index contributed by atoms with van der Waals surface area (Å²) in [5, 5.41) is 34.6. The van der Waals surface area contributed by atoms with Crippen molar-refractivity contribution in [3.8, 4) is 23.6 Å². The van der Waals surface area contributed by atoms with Gasteiger partial charge in [0.05, 0.1) is 24.5 Å². The first-order chi connectivity index (χ1) is 31.2. The molecule has 0 aliphatic heterocycles. The number of aryl methyl sites for hydroxylation is 4. The molecule has 334 valence electrons. The second-order valence-electron chi connectivity index (χ2n) is 14.5. The quantitative estimate of drug-likeness (QED) is 0.1000. The molecule has 0 bridgehead atoms. The number of benzene rings is 2. The van der Waals surface area contributed by atoms with Crippen LogP contribution in [0.2, 0.25) is 0 Å². The molecule has 2 amide bonds. The van der Waals surface area contributed by atoms with Crippen LogP contribution in [-0.2, 0) is 27.1 Å². The van der Waals surface area contributed by atoms with Gasteiger partial charge in [-0.25, -0.2) is 18.7 Å². The van der Waals surface area contributed by atoms with Gasteiger partial charge in [0.25, 0.3) is 11.8 Å². The highest BCUT2D eigenvalue weighted by Gasteiger charge is 2.22. The van der Waals surface area contributed by atoms with Crippen molar-refractivity contribution in [1.82, 2.24) is 40.2 Å². The summed E-state index contributed by atoms with van der Waals surface area (Å²) < 4.78 is 64.7. The number of carbonyl (C=O) groups excluding carboxylic acids is 2. The van der Waals surface area contributed by atoms with Crippen LogP contribution in [0, 0.1) is 48.1 Å². The number of aromatic nitrogens is 6. The van der Waals surface area contributed by atoms with Crippen molar-refractivity contribution in [2.45, 2.75) is 60.4 Å². The number of rotatable bonds is 14. The Balaban J connectivity index is 0.000000289. The molecule has 4 heterocycles. The molecule has 2 aromatic carbocycles. The number of hydrogen-bond donors (Lipinski definition) is 3. The van der Waals surface area contributed by atoms with E-state index in [9.17, 15) is 18.4 Å². The second-order valence-corrected chi connectivity index (χ2v) is 14.5. The predicted octanol–water partition coefficient (Wildman–Crippen LogP) is 7.15. The first kappa shape index (κ1) is 44.2. The SMILES string of the molecule is C.Cc1cnc(N(C)C)c(O[C@H](C)c2cc(F)ccc2C(=O)NCc2cc(C#N)n(C)n2)c1.[2H]C([2H])([2H])n1nc(CNC(=O)c2ccc(F)cc2[C@@H](C)Oc2cc(C)cnc2NC)cc1C#N. The largest absolute Gasteiger partial charge is 0.482 e. The maximum Gasteiger partial charge on any atom is 0.252 e. The normalized spacial score (nSPS) is 12.2. The maximum atomic E-state index is 14.1. The van der Waals surface area contributed by atoms with E-state index in [4.69, 9.17) is 24.1 Å². The second kappa shape index (κ2) is 21.8. The molecule has 16 nitrogen and oxygen atoms in total. The molecule has 0 spiro atoms. The van der Waals surface area contributed by atoms with Crippen molar-refractivity contribution in [3.63, 3.8) is 0 Å². The fraction of sp³-hybridized carbons (Fsp3) is 0.304. The third kappa shape index (κ3) is 12.2. The molecule has 0 saturated carbocycles. The summed E-state index contributed by atoms with van der Waals surface area (Å²) in [5.41, 5.74) is 3.96. The van der Waals surface area contributed by atoms with E-state index in [0.717, 1.165) is 17.2 Å². The van der Waals surface area contributed by atoms with Crippen LogP contribution in [0.25, 0.3) is 0 Å². The molecular weight excluding hydrogens is 823 g/mol. The van der Waals surface area contributed by atoms with Crippen LogP contribution in [0.5, 0.6) is 11.5 Å². The minimum absolute atomic E-state index is 0. The molecule has 0 aliphatic carbocycles. The van der Waals surface area contributed by atoms with Gasteiger partial charge in [-0.15, -0.1) is 0 Å². The van der Waals surface area contributed by atoms with Gasteiger partial charge in [-0.1, -0.05) is 7.43 Å². The zero-order valence-corrected chi connectivity index (χ0v) is 35.9. The highest BCUT2D eigenvalue weighted by Crippen LogP contribution is 2.32. The Labute approximate surface area is 375 Å². The molecule has 0 radical (unpaired) electrons. The number of halogens is 2. The molecule has 6 aromatic rings. The van der Waals surface area contributed by atoms with Gasteiger partial charge in [-0.3, -0.25) is 19.0 Å². The van der Waals surface area contributed by atoms with Gasteiger partial charge in [0, 0.05) is 73.9 Å². The van der Waals surface area contributed by atoms with Gasteiger partial charge in [-0.2, -0.15) is 20.7 Å².